The number of hydrogen-bond donors (Lipinski definition) is 1. The molecule has 5 unspecified atom stereocenters. The Morgan fingerprint density at radius 3 is 2.46 bits per heavy atom. The van der Waals surface area contributed by atoms with Crippen molar-refractivity contribution in [2.75, 3.05) is 12.4 Å². The van der Waals surface area contributed by atoms with Crippen molar-refractivity contribution >= 4 is 11.8 Å². The average Bonchev–Trinajstić information content (AvgIpc) is 2.95. The first-order chi connectivity index (χ1) is 11.0. The molecular weight excluding hydrogens is 322 g/mol. The monoisotopic (exact) mass is 355 g/mol. The molecule has 3 aliphatic rings. The fourth-order valence-corrected chi connectivity index (χ4v) is 5.70. The Morgan fingerprint density at radius 1 is 1.21 bits per heavy atom. The molecule has 0 aromatic carbocycles. The SMILES string of the molecule is C=C1CSC(C)(CC2C(C)OC(C)(C)CC2C2COC(C)(C)O2)N1. The van der Waals surface area contributed by atoms with E-state index >= 15 is 0 Å². The van der Waals surface area contributed by atoms with Crippen molar-refractivity contribution < 1.29 is 14.2 Å². The van der Waals surface area contributed by atoms with Gasteiger partial charge in [-0.15, -0.1) is 11.8 Å². The topological polar surface area (TPSA) is 39.7 Å². The van der Waals surface area contributed by atoms with Crippen molar-refractivity contribution in [3.63, 3.8) is 0 Å². The first kappa shape index (κ1) is 18.6. The lowest BCUT2D eigenvalue weighted by Crippen LogP contribution is -2.52. The second-order valence-corrected chi connectivity index (χ2v) is 10.4. The molecule has 5 atom stereocenters. The van der Waals surface area contributed by atoms with Crippen LogP contribution < -0.4 is 5.32 Å². The molecule has 0 aliphatic carbocycles. The lowest BCUT2D eigenvalue weighted by atomic mass is 9.72. The predicted molar refractivity (Wildman–Crippen MR) is 98.9 cm³/mol. The molecule has 5 heteroatoms. The van der Waals surface area contributed by atoms with Crippen molar-refractivity contribution in [1.82, 2.24) is 5.32 Å². The van der Waals surface area contributed by atoms with Crippen molar-refractivity contribution in [3.05, 3.63) is 12.3 Å². The molecule has 3 saturated heterocycles. The van der Waals surface area contributed by atoms with E-state index in [1.165, 1.54) is 0 Å². The maximum atomic E-state index is 6.35. The summed E-state index contributed by atoms with van der Waals surface area (Å²) in [6, 6.07) is 0. The molecule has 0 radical (unpaired) electrons. The van der Waals surface area contributed by atoms with Gasteiger partial charge in [-0.25, -0.2) is 0 Å². The van der Waals surface area contributed by atoms with Crippen molar-refractivity contribution in [1.29, 1.82) is 0 Å². The Hall–Kier alpha value is -0.230. The van der Waals surface area contributed by atoms with E-state index in [1.807, 2.05) is 25.6 Å². The molecule has 3 aliphatic heterocycles. The first-order valence-corrected chi connectivity index (χ1v) is 10.1. The van der Waals surface area contributed by atoms with Crippen LogP contribution in [-0.2, 0) is 14.2 Å². The molecule has 0 bridgehead atoms. The van der Waals surface area contributed by atoms with Crippen LogP contribution in [0.2, 0.25) is 0 Å². The summed E-state index contributed by atoms with van der Waals surface area (Å²) in [5, 5.41) is 3.59. The van der Waals surface area contributed by atoms with Crippen molar-refractivity contribution in [2.24, 2.45) is 11.8 Å². The minimum Gasteiger partial charge on any atom is -0.374 e. The van der Waals surface area contributed by atoms with Crippen LogP contribution in [0.5, 0.6) is 0 Å². The fourth-order valence-electron chi connectivity index (χ4n) is 4.61. The van der Waals surface area contributed by atoms with E-state index in [4.69, 9.17) is 14.2 Å². The van der Waals surface area contributed by atoms with Crippen LogP contribution in [0, 0.1) is 11.8 Å². The second-order valence-electron chi connectivity index (χ2n) is 8.93. The molecule has 0 aromatic heterocycles. The van der Waals surface area contributed by atoms with E-state index in [0.29, 0.717) is 18.4 Å². The van der Waals surface area contributed by atoms with Crippen molar-refractivity contribution in [3.8, 4) is 0 Å². The van der Waals surface area contributed by atoms with Crippen LogP contribution in [-0.4, -0.2) is 40.8 Å². The Morgan fingerprint density at radius 2 is 1.92 bits per heavy atom. The highest BCUT2D eigenvalue weighted by atomic mass is 32.2. The Bertz CT molecular complexity index is 507. The lowest BCUT2D eigenvalue weighted by molar-refractivity contribution is -0.191. The Kier molecular flexibility index (Phi) is 4.78. The molecular formula is C19H33NO3S. The van der Waals surface area contributed by atoms with Gasteiger partial charge in [-0.2, -0.15) is 0 Å². The number of nitrogens with one attached hydrogen (secondary N) is 1. The van der Waals surface area contributed by atoms with Gasteiger partial charge in [-0.1, -0.05) is 6.58 Å². The zero-order valence-corrected chi connectivity index (χ0v) is 16.8. The van der Waals surface area contributed by atoms with Gasteiger partial charge in [-0.3, -0.25) is 0 Å². The molecule has 0 aromatic rings. The average molecular weight is 356 g/mol. The number of rotatable bonds is 3. The fraction of sp³-hybridized carbons (Fsp3) is 0.895. The second kappa shape index (κ2) is 6.19. The maximum Gasteiger partial charge on any atom is 0.163 e. The summed E-state index contributed by atoms with van der Waals surface area (Å²) in [5.41, 5.74) is 1.02. The van der Waals surface area contributed by atoms with Gasteiger partial charge in [0.25, 0.3) is 0 Å². The van der Waals surface area contributed by atoms with Gasteiger partial charge in [0.15, 0.2) is 5.79 Å². The summed E-state index contributed by atoms with van der Waals surface area (Å²) in [4.78, 5) is 0.0358. The molecule has 4 nitrogen and oxygen atoms in total. The van der Waals surface area contributed by atoms with Gasteiger partial charge >= 0.3 is 0 Å². The van der Waals surface area contributed by atoms with E-state index in [9.17, 15) is 0 Å². The third-order valence-corrected chi connectivity index (χ3v) is 6.92. The predicted octanol–water partition coefficient (Wildman–Crippen LogP) is 3.91. The van der Waals surface area contributed by atoms with Crippen molar-refractivity contribution in [2.45, 2.75) is 82.9 Å². The molecule has 1 N–H and O–H groups in total. The summed E-state index contributed by atoms with van der Waals surface area (Å²) in [7, 11) is 0. The molecule has 24 heavy (non-hydrogen) atoms. The molecule has 0 amide bonds. The summed E-state index contributed by atoms with van der Waals surface area (Å²) in [5.74, 6) is 1.40. The number of ether oxygens (including phenoxy) is 3. The standard InChI is InChI=1S/C19H33NO3S/c1-12-11-24-19(7,20-12)9-14-13(2)22-17(3,4)8-15(14)16-10-21-18(5,6)23-16/h13-16,20H,1,8-11H2,2-7H3. The summed E-state index contributed by atoms with van der Waals surface area (Å²) in [6.07, 6.45) is 2.42. The van der Waals surface area contributed by atoms with Gasteiger partial charge in [0, 0.05) is 11.4 Å². The Balaban J connectivity index is 1.79. The third kappa shape index (κ3) is 3.95. The number of hydrogen-bond acceptors (Lipinski definition) is 5. The molecule has 3 fully saturated rings. The quantitative estimate of drug-likeness (QED) is 0.831. The maximum absolute atomic E-state index is 6.35. The normalized spacial score (nSPS) is 44.5. The molecule has 138 valence electrons. The van der Waals surface area contributed by atoms with Crippen LogP contribution in [0.25, 0.3) is 0 Å². The minimum absolute atomic E-state index is 0.0358. The first-order valence-electron chi connectivity index (χ1n) is 9.08. The highest BCUT2D eigenvalue weighted by molar-refractivity contribution is 8.01. The lowest BCUT2D eigenvalue weighted by Gasteiger charge is -2.48. The van der Waals surface area contributed by atoms with Gasteiger partial charge < -0.3 is 19.5 Å². The summed E-state index contributed by atoms with van der Waals surface area (Å²) in [6.45, 7) is 17.7. The van der Waals surface area contributed by atoms with Gasteiger partial charge in [0.05, 0.1) is 29.3 Å². The van der Waals surface area contributed by atoms with E-state index in [1.54, 1.807) is 0 Å². The van der Waals surface area contributed by atoms with Crippen LogP contribution >= 0.6 is 11.8 Å². The highest BCUT2D eigenvalue weighted by Crippen LogP contribution is 2.47. The minimum atomic E-state index is -0.473. The van der Waals surface area contributed by atoms with E-state index in [-0.39, 0.29) is 22.7 Å². The Labute approximate surface area is 151 Å². The van der Waals surface area contributed by atoms with E-state index in [2.05, 4.69) is 39.6 Å². The summed E-state index contributed by atoms with van der Waals surface area (Å²) >= 11 is 1.95. The van der Waals surface area contributed by atoms with Crippen LogP contribution in [0.3, 0.4) is 0 Å². The van der Waals surface area contributed by atoms with Crippen LogP contribution in [0.4, 0.5) is 0 Å². The largest absolute Gasteiger partial charge is 0.374 e. The van der Waals surface area contributed by atoms with Gasteiger partial charge in [0.1, 0.15) is 0 Å². The zero-order valence-electron chi connectivity index (χ0n) is 16.0. The van der Waals surface area contributed by atoms with E-state index in [0.717, 1.165) is 24.3 Å². The molecule has 3 heterocycles. The van der Waals surface area contributed by atoms with Gasteiger partial charge in [-0.05, 0) is 66.2 Å². The molecule has 0 spiro atoms. The zero-order chi connectivity index (χ0) is 17.8. The van der Waals surface area contributed by atoms with Crippen LogP contribution in [0.1, 0.15) is 54.4 Å². The molecule has 0 saturated carbocycles. The molecule has 3 rings (SSSR count). The third-order valence-electron chi connectivity index (χ3n) is 5.52. The van der Waals surface area contributed by atoms with Gasteiger partial charge in [0.2, 0.25) is 0 Å². The highest BCUT2D eigenvalue weighted by Gasteiger charge is 2.50. The smallest absolute Gasteiger partial charge is 0.163 e. The number of thioether (sulfide) groups is 1. The van der Waals surface area contributed by atoms with Crippen LogP contribution in [0.15, 0.2) is 12.3 Å². The summed E-state index contributed by atoms with van der Waals surface area (Å²) < 4.78 is 18.5. The van der Waals surface area contributed by atoms with E-state index < -0.39 is 5.79 Å².